The first-order valence-electron chi connectivity index (χ1n) is 14.5. The summed E-state index contributed by atoms with van der Waals surface area (Å²) in [6, 6.07) is 5.03. The lowest BCUT2D eigenvalue weighted by atomic mass is 10.0. The van der Waals surface area contributed by atoms with Gasteiger partial charge in [-0.15, -0.1) is 0 Å². The number of rotatable bonds is 13. The monoisotopic (exact) mass is 674 g/mol. The van der Waals surface area contributed by atoms with Crippen LogP contribution >= 0.6 is 15.9 Å². The van der Waals surface area contributed by atoms with Crippen LogP contribution in [0.25, 0.3) is 6.20 Å². The van der Waals surface area contributed by atoms with E-state index in [9.17, 15) is 22.8 Å². The number of carbonyl (C=O) groups is 2. The molecule has 4 rings (SSSR count). The van der Waals surface area contributed by atoms with Crippen molar-refractivity contribution in [1.82, 2.24) is 30.0 Å². The van der Waals surface area contributed by atoms with Crippen LogP contribution in [0.2, 0.25) is 0 Å². The molecule has 1 aromatic carbocycles. The topological polar surface area (TPSA) is 93.8 Å². The van der Waals surface area contributed by atoms with E-state index in [0.29, 0.717) is 6.42 Å². The van der Waals surface area contributed by atoms with Gasteiger partial charge in [0.15, 0.2) is 0 Å². The van der Waals surface area contributed by atoms with Crippen LogP contribution in [0.4, 0.5) is 13.2 Å². The highest BCUT2D eigenvalue weighted by molar-refractivity contribution is 9.10. The summed E-state index contributed by atoms with van der Waals surface area (Å²) in [6.07, 6.45) is 6.50. The number of amides is 2. The Bertz CT molecular complexity index is 1540. The predicted molar refractivity (Wildman–Crippen MR) is 167 cm³/mol. The van der Waals surface area contributed by atoms with E-state index in [4.69, 9.17) is 0 Å². The SMILES string of the molecule is C=C/C=C\n1c(CC(NC(=O)C2CC2c2ccc(Br)cc2C)C(=O)NC(C)(C)Cn2cc(C(F)(F)F)cn2)cnc1CCC. The predicted octanol–water partition coefficient (Wildman–Crippen LogP) is 6.20. The maximum Gasteiger partial charge on any atom is 0.419 e. The van der Waals surface area contributed by atoms with Crippen LogP contribution in [0.5, 0.6) is 0 Å². The minimum Gasteiger partial charge on any atom is -0.348 e. The number of carbonyl (C=O) groups excluding carboxylic acids is 2. The Kier molecular flexibility index (Phi) is 10.2. The Labute approximate surface area is 263 Å². The molecule has 0 radical (unpaired) electrons. The van der Waals surface area contributed by atoms with Gasteiger partial charge in [-0.1, -0.05) is 41.6 Å². The van der Waals surface area contributed by atoms with E-state index in [0.717, 1.165) is 57.0 Å². The fraction of sp³-hybridized carbons (Fsp3) is 0.438. The van der Waals surface area contributed by atoms with E-state index in [1.54, 1.807) is 32.2 Å². The molecule has 236 valence electrons. The van der Waals surface area contributed by atoms with E-state index < -0.39 is 29.2 Å². The van der Waals surface area contributed by atoms with Crippen LogP contribution < -0.4 is 10.6 Å². The number of aryl methyl sites for hydroxylation is 2. The van der Waals surface area contributed by atoms with Gasteiger partial charge >= 0.3 is 6.18 Å². The maximum absolute atomic E-state index is 13.8. The molecule has 0 spiro atoms. The van der Waals surface area contributed by atoms with E-state index in [2.05, 4.69) is 43.2 Å². The second-order valence-electron chi connectivity index (χ2n) is 11.9. The fourth-order valence-electron chi connectivity index (χ4n) is 5.37. The summed E-state index contributed by atoms with van der Waals surface area (Å²) in [7, 11) is 0. The van der Waals surface area contributed by atoms with Gasteiger partial charge in [0.25, 0.3) is 0 Å². The fourth-order valence-corrected chi connectivity index (χ4v) is 5.85. The van der Waals surface area contributed by atoms with Crippen LogP contribution in [-0.2, 0) is 35.2 Å². The number of aromatic nitrogens is 4. The molecule has 1 fully saturated rings. The minimum absolute atomic E-state index is 0.0102. The van der Waals surface area contributed by atoms with Gasteiger partial charge in [-0.25, -0.2) is 4.98 Å². The summed E-state index contributed by atoms with van der Waals surface area (Å²) < 4.78 is 43.3. The smallest absolute Gasteiger partial charge is 0.348 e. The lowest BCUT2D eigenvalue weighted by Gasteiger charge is -2.29. The molecule has 1 aliphatic rings. The molecule has 44 heavy (non-hydrogen) atoms. The summed E-state index contributed by atoms with van der Waals surface area (Å²) in [6.45, 7) is 11.2. The van der Waals surface area contributed by atoms with Crippen LogP contribution in [0.15, 0.2) is 60.0 Å². The average molecular weight is 676 g/mol. The number of hydrogen-bond donors (Lipinski definition) is 2. The number of hydrogen-bond acceptors (Lipinski definition) is 4. The van der Waals surface area contributed by atoms with Crippen LogP contribution in [0.3, 0.4) is 0 Å². The Morgan fingerprint density at radius 2 is 2.00 bits per heavy atom. The molecular formula is C32H38BrF3N6O2. The zero-order valence-corrected chi connectivity index (χ0v) is 26.9. The molecule has 3 aromatic rings. The number of halogens is 4. The van der Waals surface area contributed by atoms with Gasteiger partial charge in [0.1, 0.15) is 11.9 Å². The van der Waals surface area contributed by atoms with Crippen LogP contribution in [-0.4, -0.2) is 42.7 Å². The van der Waals surface area contributed by atoms with Crippen molar-refractivity contribution in [2.24, 2.45) is 5.92 Å². The third-order valence-corrected chi connectivity index (χ3v) is 8.07. The van der Waals surface area contributed by atoms with Gasteiger partial charge in [0.2, 0.25) is 11.8 Å². The van der Waals surface area contributed by atoms with Crippen LogP contribution in [0.1, 0.15) is 67.7 Å². The zero-order chi connectivity index (χ0) is 32.2. The molecule has 2 amide bonds. The first-order valence-corrected chi connectivity index (χ1v) is 15.3. The highest BCUT2D eigenvalue weighted by Crippen LogP contribution is 2.49. The number of nitrogens with zero attached hydrogens (tertiary/aromatic N) is 4. The average Bonchev–Trinajstić information content (AvgIpc) is 3.42. The Morgan fingerprint density at radius 3 is 2.64 bits per heavy atom. The van der Waals surface area contributed by atoms with E-state index in [1.807, 2.05) is 42.8 Å². The molecule has 3 unspecified atom stereocenters. The molecule has 0 saturated heterocycles. The summed E-state index contributed by atoms with van der Waals surface area (Å²) in [4.78, 5) is 31.9. The molecule has 0 bridgehead atoms. The van der Waals surface area contributed by atoms with Gasteiger partial charge < -0.3 is 15.2 Å². The summed E-state index contributed by atoms with van der Waals surface area (Å²) in [5, 5.41) is 9.72. The summed E-state index contributed by atoms with van der Waals surface area (Å²) in [5.41, 5.74) is 1.06. The molecule has 1 saturated carbocycles. The normalized spacial score (nSPS) is 17.5. The van der Waals surface area contributed by atoms with Crippen molar-refractivity contribution in [1.29, 1.82) is 0 Å². The molecule has 12 heteroatoms. The summed E-state index contributed by atoms with van der Waals surface area (Å²) in [5.74, 6) is -0.0781. The van der Waals surface area contributed by atoms with Crippen molar-refractivity contribution in [3.63, 3.8) is 0 Å². The largest absolute Gasteiger partial charge is 0.419 e. The molecule has 2 aromatic heterocycles. The van der Waals surface area contributed by atoms with Crippen molar-refractivity contribution in [3.05, 3.63) is 88.2 Å². The quantitative estimate of drug-likeness (QED) is 0.211. The van der Waals surface area contributed by atoms with Gasteiger partial charge in [0, 0.05) is 47.5 Å². The standard InChI is InChI=1S/C32H38BrF3N6O2/c1-6-8-12-42-23(17-37-28(42)9-7-2)14-27(39-29(43)26-15-25(26)24-11-10-22(33)13-20(24)3)30(44)40-31(4,5)19-41-18-21(16-38-41)32(34,35)36/h6,8,10-13,16-18,25-27H,1,7,9,14-15,19H2,2-5H3,(H,39,43)(H,40,44)/b12-8-. The Balaban J connectivity index is 1.55. The maximum atomic E-state index is 13.8. The van der Waals surface area contributed by atoms with Gasteiger partial charge in [-0.2, -0.15) is 18.3 Å². The molecule has 8 nitrogen and oxygen atoms in total. The van der Waals surface area contributed by atoms with Crippen molar-refractivity contribution in [2.45, 2.75) is 83.6 Å². The number of nitrogens with one attached hydrogen (secondary N) is 2. The summed E-state index contributed by atoms with van der Waals surface area (Å²) >= 11 is 3.48. The van der Waals surface area contributed by atoms with Gasteiger partial charge in [-0.05, 0) is 68.9 Å². The highest BCUT2D eigenvalue weighted by Gasteiger charge is 2.45. The lowest BCUT2D eigenvalue weighted by molar-refractivity contribution is -0.137. The van der Waals surface area contributed by atoms with Crippen molar-refractivity contribution in [2.75, 3.05) is 0 Å². The molecular weight excluding hydrogens is 637 g/mol. The molecule has 1 aliphatic carbocycles. The van der Waals surface area contributed by atoms with Gasteiger partial charge in [0.05, 0.1) is 23.8 Å². The van der Waals surface area contributed by atoms with E-state index in [-0.39, 0.29) is 30.7 Å². The minimum atomic E-state index is -4.52. The van der Waals surface area contributed by atoms with Crippen LogP contribution in [0, 0.1) is 12.8 Å². The molecule has 0 aliphatic heterocycles. The van der Waals surface area contributed by atoms with Gasteiger partial charge in [-0.3, -0.25) is 14.3 Å². The van der Waals surface area contributed by atoms with E-state index >= 15 is 0 Å². The first-order chi connectivity index (χ1) is 20.7. The number of imidazole rings is 1. The van der Waals surface area contributed by atoms with Crippen molar-refractivity contribution < 1.29 is 22.8 Å². The third-order valence-electron chi connectivity index (χ3n) is 7.58. The third kappa shape index (κ3) is 8.28. The number of alkyl halides is 3. The second-order valence-corrected chi connectivity index (χ2v) is 12.8. The second kappa shape index (κ2) is 13.5. The van der Waals surface area contributed by atoms with Crippen molar-refractivity contribution >= 4 is 33.9 Å². The highest BCUT2D eigenvalue weighted by atomic mass is 79.9. The number of allylic oxidation sites excluding steroid dienone is 2. The zero-order valence-electron chi connectivity index (χ0n) is 25.3. The Hall–Kier alpha value is -3.67. The molecule has 3 atom stereocenters. The lowest BCUT2D eigenvalue weighted by Crippen LogP contribution is -2.55. The molecule has 2 heterocycles. The Morgan fingerprint density at radius 1 is 1.25 bits per heavy atom. The van der Waals surface area contributed by atoms with E-state index in [1.165, 1.54) is 0 Å². The first kappa shape index (κ1) is 33.2. The van der Waals surface area contributed by atoms with Crippen molar-refractivity contribution in [3.8, 4) is 0 Å². The molecule has 2 N–H and O–H groups in total. The number of benzene rings is 1.